The molecule has 0 aliphatic carbocycles. The van der Waals surface area contributed by atoms with E-state index in [1.165, 1.54) is 6.92 Å². The van der Waals surface area contributed by atoms with Gasteiger partial charge < -0.3 is 9.47 Å². The van der Waals surface area contributed by atoms with Gasteiger partial charge in [-0.05, 0) is 83.3 Å². The van der Waals surface area contributed by atoms with Gasteiger partial charge in [0.2, 0.25) is 0 Å². The first-order valence-corrected chi connectivity index (χ1v) is 8.90. The van der Waals surface area contributed by atoms with Crippen LogP contribution in [-0.2, 0) is 9.62 Å². The van der Waals surface area contributed by atoms with Gasteiger partial charge >= 0.3 is 0 Å². The van der Waals surface area contributed by atoms with Crippen LogP contribution in [0.5, 0.6) is 5.75 Å². The number of methoxy groups -OCH3 is 1. The van der Waals surface area contributed by atoms with Gasteiger partial charge in [-0.2, -0.15) is 0 Å². The molecule has 1 aromatic rings. The van der Waals surface area contributed by atoms with E-state index in [-0.39, 0.29) is 5.78 Å². The zero-order valence-corrected chi connectivity index (χ0v) is 17.3. The van der Waals surface area contributed by atoms with Gasteiger partial charge in [-0.25, -0.2) is 4.89 Å². The van der Waals surface area contributed by atoms with Crippen LogP contribution in [-0.4, -0.2) is 30.9 Å². The topological polar surface area (TPSA) is 65.0 Å². The molecule has 0 aliphatic heterocycles. The van der Waals surface area contributed by atoms with Gasteiger partial charge in [0.1, 0.15) is 11.9 Å². The molecule has 0 saturated carbocycles. The van der Waals surface area contributed by atoms with E-state index in [0.717, 1.165) is 7.14 Å². The number of benzene rings is 1. The van der Waals surface area contributed by atoms with E-state index in [1.807, 2.05) is 0 Å². The Balaban J connectivity index is 3.12. The molecule has 0 bridgehead atoms. The predicted octanol–water partition coefficient (Wildman–Crippen LogP) is 4.44. The molecule has 0 heterocycles. The molecule has 5 nitrogen and oxygen atoms in total. The third-order valence-corrected chi connectivity index (χ3v) is 4.34. The first-order chi connectivity index (χ1) is 10.9. The van der Waals surface area contributed by atoms with Crippen molar-refractivity contribution in [3.8, 4) is 5.75 Å². The summed E-state index contributed by atoms with van der Waals surface area (Å²) >= 11 is 4.26. The summed E-state index contributed by atoms with van der Waals surface area (Å²) in [4.78, 5) is 15.8. The van der Waals surface area contributed by atoms with Crippen LogP contribution in [0.2, 0.25) is 0 Å². The molecule has 7 heteroatoms. The Labute approximate surface area is 162 Å². The van der Waals surface area contributed by atoms with Crippen LogP contribution in [0.1, 0.15) is 24.2 Å². The maximum Gasteiger partial charge on any atom is 0.159 e. The number of allylic oxidation sites excluding steroid dienone is 1. The molecule has 1 N–H and O–H groups in total. The molecular formula is C16H18I2O5. The van der Waals surface area contributed by atoms with Crippen molar-refractivity contribution in [2.45, 2.75) is 20.0 Å². The summed E-state index contributed by atoms with van der Waals surface area (Å²) in [5.41, 5.74) is 0.638. The second kappa shape index (κ2) is 10.4. The zero-order valence-electron chi connectivity index (χ0n) is 13.0. The summed E-state index contributed by atoms with van der Waals surface area (Å²) in [6, 6.07) is 3.56. The highest BCUT2D eigenvalue weighted by Gasteiger charge is 2.13. The Morgan fingerprint density at radius 3 is 2.43 bits per heavy atom. The largest absolute Gasteiger partial charge is 0.455 e. The number of carbonyl (C=O) groups excluding carboxylic acids is 1. The lowest BCUT2D eigenvalue weighted by Crippen LogP contribution is -2.06. The Hall–Kier alpha value is -0.490. The van der Waals surface area contributed by atoms with Crippen LogP contribution in [0.15, 0.2) is 36.1 Å². The highest BCUT2D eigenvalue weighted by atomic mass is 127. The highest BCUT2D eigenvalue weighted by Crippen LogP contribution is 2.31. The molecule has 0 aromatic heterocycles. The fourth-order valence-corrected chi connectivity index (χ4v) is 3.61. The van der Waals surface area contributed by atoms with E-state index in [0.29, 0.717) is 23.7 Å². The summed E-state index contributed by atoms with van der Waals surface area (Å²) < 4.78 is 12.5. The van der Waals surface area contributed by atoms with E-state index in [9.17, 15) is 4.79 Å². The fourth-order valence-electron chi connectivity index (χ4n) is 1.62. The summed E-state index contributed by atoms with van der Waals surface area (Å²) in [6.07, 6.45) is 4.64. The number of ether oxygens (including phenoxy) is 2. The Bertz CT molecular complexity index is 587. The van der Waals surface area contributed by atoms with Crippen LogP contribution in [0.25, 0.3) is 0 Å². The second-order valence-electron chi connectivity index (χ2n) is 4.66. The first-order valence-electron chi connectivity index (χ1n) is 6.74. The molecule has 1 atom stereocenters. The van der Waals surface area contributed by atoms with E-state index >= 15 is 0 Å². The summed E-state index contributed by atoms with van der Waals surface area (Å²) in [7, 11) is 1.60. The third-order valence-electron chi connectivity index (χ3n) is 2.73. The molecule has 1 rings (SSSR count). The lowest BCUT2D eigenvalue weighted by atomic mass is 10.1. The number of hydrogen-bond donors (Lipinski definition) is 1. The van der Waals surface area contributed by atoms with Gasteiger partial charge in [0, 0.05) is 12.7 Å². The van der Waals surface area contributed by atoms with Gasteiger partial charge in [0.05, 0.1) is 13.7 Å². The SMILES string of the molecule is COC/C=C\C(=C/C(C)OO)Oc1c(I)cc(C(C)=O)cc1I. The van der Waals surface area contributed by atoms with Crippen LogP contribution >= 0.6 is 45.2 Å². The molecule has 1 aromatic carbocycles. The van der Waals surface area contributed by atoms with Crippen molar-refractivity contribution in [1.82, 2.24) is 0 Å². The van der Waals surface area contributed by atoms with Crippen LogP contribution in [0.4, 0.5) is 0 Å². The van der Waals surface area contributed by atoms with Crippen molar-refractivity contribution in [2.24, 2.45) is 0 Å². The van der Waals surface area contributed by atoms with Crippen LogP contribution in [0.3, 0.4) is 0 Å². The number of ketones is 1. The minimum absolute atomic E-state index is 0.00504. The van der Waals surface area contributed by atoms with Crippen molar-refractivity contribution in [3.63, 3.8) is 0 Å². The van der Waals surface area contributed by atoms with Gasteiger partial charge in [-0.15, -0.1) is 0 Å². The molecule has 0 saturated heterocycles. The zero-order chi connectivity index (χ0) is 17.4. The standard InChI is InChI=1S/C16H18I2O5/c1-10(23-20)7-13(5-4-6-21-3)22-16-14(17)8-12(11(2)19)9-15(16)18/h4-5,7-10,20H,6H2,1-3H3/b5-4-,13-7+. The second-order valence-corrected chi connectivity index (χ2v) is 6.99. The average Bonchev–Trinajstić information content (AvgIpc) is 2.50. The van der Waals surface area contributed by atoms with E-state index in [2.05, 4.69) is 50.1 Å². The maximum absolute atomic E-state index is 11.5. The minimum Gasteiger partial charge on any atom is -0.455 e. The Morgan fingerprint density at radius 1 is 1.35 bits per heavy atom. The summed E-state index contributed by atoms with van der Waals surface area (Å²) in [6.45, 7) is 3.65. The average molecular weight is 544 g/mol. The lowest BCUT2D eigenvalue weighted by Gasteiger charge is -2.13. The van der Waals surface area contributed by atoms with Crippen molar-refractivity contribution >= 4 is 51.0 Å². The molecular weight excluding hydrogens is 526 g/mol. The van der Waals surface area contributed by atoms with Gasteiger partial charge in [0.15, 0.2) is 11.5 Å². The smallest absolute Gasteiger partial charge is 0.159 e. The summed E-state index contributed by atoms with van der Waals surface area (Å²) in [5, 5.41) is 8.74. The van der Waals surface area contributed by atoms with Crippen molar-refractivity contribution in [2.75, 3.05) is 13.7 Å². The number of rotatable bonds is 8. The third kappa shape index (κ3) is 6.87. The molecule has 0 aliphatic rings. The van der Waals surface area contributed by atoms with Crippen molar-refractivity contribution in [3.05, 3.63) is 48.8 Å². The quantitative estimate of drug-likeness (QED) is 0.131. The predicted molar refractivity (Wildman–Crippen MR) is 105 cm³/mol. The molecule has 0 spiro atoms. The Morgan fingerprint density at radius 2 is 1.96 bits per heavy atom. The van der Waals surface area contributed by atoms with Crippen LogP contribution < -0.4 is 4.74 Å². The molecule has 0 amide bonds. The number of carbonyl (C=O) groups is 1. The number of hydrogen-bond acceptors (Lipinski definition) is 5. The molecule has 1 unspecified atom stereocenters. The molecule has 126 valence electrons. The van der Waals surface area contributed by atoms with Gasteiger partial charge in [-0.3, -0.25) is 10.1 Å². The van der Waals surface area contributed by atoms with E-state index in [4.69, 9.17) is 14.7 Å². The van der Waals surface area contributed by atoms with Gasteiger partial charge in [0.25, 0.3) is 0 Å². The molecule has 0 fully saturated rings. The summed E-state index contributed by atoms with van der Waals surface area (Å²) in [5.74, 6) is 1.16. The van der Waals surface area contributed by atoms with E-state index in [1.54, 1.807) is 44.4 Å². The number of Topliss-reactive ketones (excluding diaryl/α,β-unsaturated/α-hetero) is 1. The van der Waals surface area contributed by atoms with Crippen molar-refractivity contribution in [1.29, 1.82) is 0 Å². The maximum atomic E-state index is 11.5. The van der Waals surface area contributed by atoms with E-state index < -0.39 is 6.10 Å². The number of halogens is 2. The fraction of sp³-hybridized carbons (Fsp3) is 0.312. The first kappa shape index (κ1) is 20.6. The van der Waals surface area contributed by atoms with Crippen molar-refractivity contribution < 1.29 is 24.4 Å². The van der Waals surface area contributed by atoms with Gasteiger partial charge in [-0.1, -0.05) is 6.08 Å². The minimum atomic E-state index is -0.524. The normalized spacial score (nSPS) is 13.4. The lowest BCUT2D eigenvalue weighted by molar-refractivity contribution is -0.261. The molecule has 0 radical (unpaired) electrons. The monoisotopic (exact) mass is 544 g/mol. The van der Waals surface area contributed by atoms with Crippen LogP contribution in [0, 0.1) is 7.14 Å². The highest BCUT2D eigenvalue weighted by molar-refractivity contribution is 14.1. The Kier molecular flexibility index (Phi) is 9.29. The molecule has 23 heavy (non-hydrogen) atoms.